The van der Waals surface area contributed by atoms with Crippen molar-refractivity contribution in [3.8, 4) is 0 Å². The van der Waals surface area contributed by atoms with Crippen LogP contribution in [-0.2, 0) is 4.79 Å². The van der Waals surface area contributed by atoms with Gasteiger partial charge < -0.3 is 10.8 Å². The number of unbranched alkanes of at least 4 members (excludes halogenated alkanes) is 4. The molecule has 0 aliphatic heterocycles. The quantitative estimate of drug-likeness (QED) is 0.418. The summed E-state index contributed by atoms with van der Waals surface area (Å²) in [5.74, 6) is -0.912. The molecule has 0 fully saturated rings. The van der Waals surface area contributed by atoms with Gasteiger partial charge in [-0.15, -0.1) is 0 Å². The van der Waals surface area contributed by atoms with Crippen LogP contribution in [0.15, 0.2) is 0 Å². The predicted molar refractivity (Wildman–Crippen MR) is 75.6 cm³/mol. The van der Waals surface area contributed by atoms with Gasteiger partial charge in [0.1, 0.15) is 5.54 Å². The Morgan fingerprint density at radius 1 is 1.24 bits per heavy atom. The van der Waals surface area contributed by atoms with Gasteiger partial charge in [-0.25, -0.2) is 0 Å². The first-order chi connectivity index (χ1) is 7.99. The van der Waals surface area contributed by atoms with Gasteiger partial charge in [-0.05, 0) is 12.8 Å². The SMILES string of the molecule is CCCCCC(S)C(N)(CCCCC)C(=O)O. The molecule has 2 atom stereocenters. The van der Waals surface area contributed by atoms with Crippen molar-refractivity contribution < 1.29 is 9.90 Å². The van der Waals surface area contributed by atoms with Gasteiger partial charge >= 0.3 is 5.97 Å². The number of rotatable bonds is 10. The number of nitrogens with two attached hydrogens (primary N) is 1. The van der Waals surface area contributed by atoms with E-state index in [0.29, 0.717) is 6.42 Å². The highest BCUT2D eigenvalue weighted by atomic mass is 32.1. The summed E-state index contributed by atoms with van der Waals surface area (Å²) in [6, 6.07) is 0. The molecule has 3 N–H and O–H groups in total. The Kier molecular flexibility index (Phi) is 8.70. The molecule has 0 aliphatic carbocycles. The monoisotopic (exact) mass is 261 g/mol. The third kappa shape index (κ3) is 5.77. The summed E-state index contributed by atoms with van der Waals surface area (Å²) in [6.07, 6.45) is 7.52. The first-order valence-corrected chi connectivity index (χ1v) is 7.21. The Morgan fingerprint density at radius 2 is 1.76 bits per heavy atom. The fourth-order valence-corrected chi connectivity index (χ4v) is 2.35. The van der Waals surface area contributed by atoms with Gasteiger partial charge in [0.05, 0.1) is 0 Å². The van der Waals surface area contributed by atoms with Crippen LogP contribution in [0.4, 0.5) is 0 Å². The van der Waals surface area contributed by atoms with E-state index in [-0.39, 0.29) is 5.25 Å². The lowest BCUT2D eigenvalue weighted by atomic mass is 9.87. The normalized spacial score (nSPS) is 16.5. The molecule has 102 valence electrons. The minimum absolute atomic E-state index is 0.247. The summed E-state index contributed by atoms with van der Waals surface area (Å²) < 4.78 is 0. The van der Waals surface area contributed by atoms with E-state index >= 15 is 0 Å². The lowest BCUT2D eigenvalue weighted by molar-refractivity contribution is -0.143. The van der Waals surface area contributed by atoms with Crippen LogP contribution >= 0.6 is 12.6 Å². The zero-order valence-electron chi connectivity index (χ0n) is 11.1. The molecule has 2 unspecified atom stereocenters. The van der Waals surface area contributed by atoms with E-state index in [1.165, 1.54) is 0 Å². The van der Waals surface area contributed by atoms with Crippen LogP contribution in [0.3, 0.4) is 0 Å². The summed E-state index contributed by atoms with van der Waals surface area (Å²) in [5.41, 5.74) is 4.87. The molecule has 0 amide bonds. The lowest BCUT2D eigenvalue weighted by Crippen LogP contribution is -2.55. The number of thiol groups is 1. The number of carboxylic acids is 1. The molecule has 0 rings (SSSR count). The standard InChI is InChI=1S/C13H27NO2S/c1-3-5-7-9-11(17)13(14,12(15)16)10-8-6-4-2/h11,17H,3-10,14H2,1-2H3,(H,15,16). The zero-order chi connectivity index (χ0) is 13.3. The van der Waals surface area contributed by atoms with Crippen LogP contribution in [0.2, 0.25) is 0 Å². The summed E-state index contributed by atoms with van der Waals surface area (Å²) in [4.78, 5) is 11.3. The minimum atomic E-state index is -1.16. The Balaban J connectivity index is 4.31. The smallest absolute Gasteiger partial charge is 0.324 e. The lowest BCUT2D eigenvalue weighted by Gasteiger charge is -2.30. The maximum atomic E-state index is 11.3. The largest absolute Gasteiger partial charge is 0.480 e. The summed E-state index contributed by atoms with van der Waals surface area (Å²) >= 11 is 4.42. The number of carbonyl (C=O) groups is 1. The first-order valence-electron chi connectivity index (χ1n) is 6.69. The third-order valence-electron chi connectivity index (χ3n) is 3.27. The molecule has 3 nitrogen and oxygen atoms in total. The van der Waals surface area contributed by atoms with E-state index < -0.39 is 11.5 Å². The summed E-state index contributed by atoms with van der Waals surface area (Å²) in [5, 5.41) is 9.04. The van der Waals surface area contributed by atoms with E-state index in [0.717, 1.165) is 44.9 Å². The molecule has 0 saturated carbocycles. The fourth-order valence-electron chi connectivity index (χ4n) is 1.93. The van der Waals surface area contributed by atoms with Gasteiger partial charge in [0, 0.05) is 5.25 Å². The van der Waals surface area contributed by atoms with Gasteiger partial charge in [0.25, 0.3) is 0 Å². The molecular formula is C13H27NO2S. The molecule has 0 spiro atoms. The van der Waals surface area contributed by atoms with Crippen molar-refractivity contribution in [1.29, 1.82) is 0 Å². The minimum Gasteiger partial charge on any atom is -0.480 e. The van der Waals surface area contributed by atoms with Crippen molar-refractivity contribution in [3.05, 3.63) is 0 Å². The molecule has 0 aliphatic rings. The topological polar surface area (TPSA) is 63.3 Å². The predicted octanol–water partition coefficient (Wildman–Crippen LogP) is 3.23. The second kappa shape index (κ2) is 8.81. The number of hydrogen-bond donors (Lipinski definition) is 3. The van der Waals surface area contributed by atoms with Crippen molar-refractivity contribution in [2.75, 3.05) is 0 Å². The van der Waals surface area contributed by atoms with Gasteiger partial charge in [-0.3, -0.25) is 4.79 Å². The van der Waals surface area contributed by atoms with Crippen LogP contribution in [0.5, 0.6) is 0 Å². The molecular weight excluding hydrogens is 234 g/mol. The Hall–Kier alpha value is -0.220. The van der Waals surface area contributed by atoms with E-state index in [4.69, 9.17) is 5.73 Å². The highest BCUT2D eigenvalue weighted by Gasteiger charge is 2.39. The highest BCUT2D eigenvalue weighted by molar-refractivity contribution is 7.81. The maximum absolute atomic E-state index is 11.3. The first kappa shape index (κ1) is 16.8. The zero-order valence-corrected chi connectivity index (χ0v) is 12.0. The molecule has 0 saturated heterocycles. The van der Waals surface area contributed by atoms with Crippen molar-refractivity contribution >= 4 is 18.6 Å². The summed E-state index contributed by atoms with van der Waals surface area (Å²) in [7, 11) is 0. The molecule has 4 heteroatoms. The third-order valence-corrected chi connectivity index (χ3v) is 3.99. The average molecular weight is 261 g/mol. The van der Waals surface area contributed by atoms with Crippen LogP contribution in [-0.4, -0.2) is 21.9 Å². The second-order valence-corrected chi connectivity index (χ2v) is 5.44. The Labute approximate surface area is 111 Å². The van der Waals surface area contributed by atoms with Crippen LogP contribution in [0.25, 0.3) is 0 Å². The number of carboxylic acid groups (broad SMARTS) is 1. The molecule has 0 heterocycles. The van der Waals surface area contributed by atoms with Gasteiger partial charge in [-0.1, -0.05) is 52.4 Å². The van der Waals surface area contributed by atoms with Crippen LogP contribution < -0.4 is 5.73 Å². The van der Waals surface area contributed by atoms with Gasteiger partial charge in [0.15, 0.2) is 0 Å². The number of aliphatic carboxylic acids is 1. The van der Waals surface area contributed by atoms with Crippen LogP contribution in [0, 0.1) is 0 Å². The van der Waals surface area contributed by atoms with Crippen molar-refractivity contribution in [2.24, 2.45) is 5.73 Å². The van der Waals surface area contributed by atoms with Crippen molar-refractivity contribution in [2.45, 2.75) is 76.0 Å². The van der Waals surface area contributed by atoms with Crippen LogP contribution in [0.1, 0.15) is 65.2 Å². The van der Waals surface area contributed by atoms with E-state index in [1.807, 2.05) is 0 Å². The Morgan fingerprint density at radius 3 is 2.24 bits per heavy atom. The molecule has 0 aromatic rings. The van der Waals surface area contributed by atoms with Crippen molar-refractivity contribution in [1.82, 2.24) is 0 Å². The van der Waals surface area contributed by atoms with E-state index in [2.05, 4.69) is 26.5 Å². The fraction of sp³-hybridized carbons (Fsp3) is 0.923. The Bertz CT molecular complexity index is 223. The molecule has 17 heavy (non-hydrogen) atoms. The molecule has 0 radical (unpaired) electrons. The molecule has 0 aromatic carbocycles. The van der Waals surface area contributed by atoms with E-state index in [9.17, 15) is 9.90 Å². The highest BCUT2D eigenvalue weighted by Crippen LogP contribution is 2.25. The summed E-state index contributed by atoms with van der Waals surface area (Å²) in [6.45, 7) is 4.22. The van der Waals surface area contributed by atoms with Gasteiger partial charge in [0.2, 0.25) is 0 Å². The van der Waals surface area contributed by atoms with Gasteiger partial charge in [-0.2, -0.15) is 12.6 Å². The van der Waals surface area contributed by atoms with Crippen molar-refractivity contribution in [3.63, 3.8) is 0 Å². The molecule has 0 bridgehead atoms. The second-order valence-electron chi connectivity index (χ2n) is 4.81. The number of hydrogen-bond acceptors (Lipinski definition) is 3. The van der Waals surface area contributed by atoms with E-state index in [1.54, 1.807) is 0 Å². The average Bonchev–Trinajstić information content (AvgIpc) is 2.29. The molecule has 0 aromatic heterocycles. The maximum Gasteiger partial charge on any atom is 0.324 e.